The molecule has 3 rings (SSSR count). The van der Waals surface area contributed by atoms with Crippen LogP contribution in [0.4, 0.5) is 0 Å². The van der Waals surface area contributed by atoms with E-state index < -0.39 is 0 Å². The third-order valence-corrected chi connectivity index (χ3v) is 3.76. The number of rotatable bonds is 3. The van der Waals surface area contributed by atoms with E-state index in [1.165, 1.54) is 12.0 Å². The van der Waals surface area contributed by atoms with Gasteiger partial charge in [-0.3, -0.25) is 0 Å². The predicted molar refractivity (Wildman–Crippen MR) is 75.6 cm³/mol. The van der Waals surface area contributed by atoms with Crippen LogP contribution in [0, 0.1) is 0 Å². The number of hydrogen-bond acceptors (Lipinski definition) is 3. The summed E-state index contributed by atoms with van der Waals surface area (Å²) in [4.78, 5) is 4.42. The highest BCUT2D eigenvalue weighted by Crippen LogP contribution is 2.23. The summed E-state index contributed by atoms with van der Waals surface area (Å²) in [7, 11) is 0. The van der Waals surface area contributed by atoms with E-state index in [9.17, 15) is 0 Å². The fraction of sp³-hybridized carbons (Fsp3) is 0.400. The van der Waals surface area contributed by atoms with Crippen molar-refractivity contribution in [3.05, 3.63) is 52.7 Å². The summed E-state index contributed by atoms with van der Waals surface area (Å²) < 4.78 is 5.87. The Morgan fingerprint density at radius 1 is 1.32 bits per heavy atom. The highest BCUT2D eigenvalue weighted by atomic mass is 35.5. The molecule has 2 aromatic rings. The smallest absolute Gasteiger partial charge is 0.198 e. The van der Waals surface area contributed by atoms with Crippen molar-refractivity contribution in [1.29, 1.82) is 0 Å². The van der Waals surface area contributed by atoms with Crippen LogP contribution in [0.15, 0.2) is 34.9 Å². The molecule has 1 saturated heterocycles. The maximum Gasteiger partial charge on any atom is 0.198 e. The highest BCUT2D eigenvalue weighted by molar-refractivity contribution is 6.30. The number of halogens is 1. The van der Waals surface area contributed by atoms with Crippen molar-refractivity contribution < 1.29 is 4.42 Å². The molecule has 1 N–H and O–H groups in total. The Hall–Kier alpha value is -1.32. The molecule has 0 bridgehead atoms. The Morgan fingerprint density at radius 3 is 2.89 bits per heavy atom. The molecule has 3 nitrogen and oxygen atoms in total. The standard InChI is InChI=1S/C15H17ClN2O/c16-13-5-3-11(4-6-13)8-14-10-18-15(19-14)12-2-1-7-17-9-12/h3-6,10,12,17H,1-2,7-9H2. The van der Waals surface area contributed by atoms with E-state index in [-0.39, 0.29) is 0 Å². The largest absolute Gasteiger partial charge is 0.445 e. The number of nitrogens with zero attached hydrogens (tertiary/aromatic N) is 1. The summed E-state index contributed by atoms with van der Waals surface area (Å²) in [5.41, 5.74) is 1.19. The normalized spacial score (nSPS) is 19.5. The molecule has 0 aliphatic carbocycles. The quantitative estimate of drug-likeness (QED) is 0.934. The molecule has 1 atom stereocenters. The zero-order valence-corrected chi connectivity index (χ0v) is 11.5. The molecule has 1 aliphatic heterocycles. The van der Waals surface area contributed by atoms with Crippen LogP contribution in [0.1, 0.15) is 36.0 Å². The van der Waals surface area contributed by atoms with E-state index in [4.69, 9.17) is 16.0 Å². The summed E-state index contributed by atoms with van der Waals surface area (Å²) in [6.45, 7) is 2.08. The van der Waals surface area contributed by atoms with Gasteiger partial charge >= 0.3 is 0 Å². The van der Waals surface area contributed by atoms with Gasteiger partial charge in [0.2, 0.25) is 0 Å². The van der Waals surface area contributed by atoms with Crippen molar-refractivity contribution >= 4 is 11.6 Å². The van der Waals surface area contributed by atoms with Gasteiger partial charge in [0.05, 0.1) is 6.20 Å². The van der Waals surface area contributed by atoms with Crippen LogP contribution in [0.3, 0.4) is 0 Å². The molecule has 0 amide bonds. The van der Waals surface area contributed by atoms with Crippen molar-refractivity contribution in [2.45, 2.75) is 25.2 Å². The van der Waals surface area contributed by atoms with Gasteiger partial charge in [0.1, 0.15) is 5.76 Å². The fourth-order valence-electron chi connectivity index (χ4n) is 2.46. The molecule has 1 aliphatic rings. The third-order valence-electron chi connectivity index (χ3n) is 3.51. The van der Waals surface area contributed by atoms with Crippen molar-refractivity contribution in [3.63, 3.8) is 0 Å². The second-order valence-corrected chi connectivity index (χ2v) is 5.45. The van der Waals surface area contributed by atoms with Crippen LogP contribution < -0.4 is 5.32 Å². The Balaban J connectivity index is 1.68. The monoisotopic (exact) mass is 276 g/mol. The van der Waals surface area contributed by atoms with Crippen LogP contribution in [0.2, 0.25) is 5.02 Å². The van der Waals surface area contributed by atoms with E-state index >= 15 is 0 Å². The molecule has 0 radical (unpaired) electrons. The van der Waals surface area contributed by atoms with E-state index in [0.29, 0.717) is 5.92 Å². The Bertz CT molecular complexity index is 529. The van der Waals surface area contributed by atoms with Crippen LogP contribution in [-0.2, 0) is 6.42 Å². The van der Waals surface area contributed by atoms with Gasteiger partial charge in [-0.1, -0.05) is 23.7 Å². The molecule has 0 saturated carbocycles. The molecule has 1 unspecified atom stereocenters. The molecule has 1 aromatic carbocycles. The van der Waals surface area contributed by atoms with Gasteiger partial charge in [0.25, 0.3) is 0 Å². The molecule has 19 heavy (non-hydrogen) atoms. The van der Waals surface area contributed by atoms with Crippen molar-refractivity contribution in [2.75, 3.05) is 13.1 Å². The summed E-state index contributed by atoms with van der Waals surface area (Å²) in [5, 5.41) is 4.14. The lowest BCUT2D eigenvalue weighted by molar-refractivity contribution is 0.365. The molecule has 4 heteroatoms. The van der Waals surface area contributed by atoms with Gasteiger partial charge < -0.3 is 9.73 Å². The fourth-order valence-corrected chi connectivity index (χ4v) is 2.59. The summed E-state index contributed by atoms with van der Waals surface area (Å²) >= 11 is 5.88. The van der Waals surface area contributed by atoms with Crippen molar-refractivity contribution in [2.24, 2.45) is 0 Å². The number of nitrogens with one attached hydrogen (secondary N) is 1. The molecule has 2 heterocycles. The summed E-state index contributed by atoms with van der Waals surface area (Å²) in [6.07, 6.45) is 4.97. The first-order chi connectivity index (χ1) is 9.31. The number of benzene rings is 1. The lowest BCUT2D eigenvalue weighted by Crippen LogP contribution is -2.28. The van der Waals surface area contributed by atoms with Crippen molar-refractivity contribution in [3.8, 4) is 0 Å². The summed E-state index contributed by atoms with van der Waals surface area (Å²) in [6, 6.07) is 7.85. The lowest BCUT2D eigenvalue weighted by Gasteiger charge is -2.19. The van der Waals surface area contributed by atoms with Gasteiger partial charge in [-0.15, -0.1) is 0 Å². The Morgan fingerprint density at radius 2 is 2.16 bits per heavy atom. The minimum Gasteiger partial charge on any atom is -0.445 e. The molecular formula is C15H17ClN2O. The van der Waals surface area contributed by atoms with E-state index in [2.05, 4.69) is 10.3 Å². The SMILES string of the molecule is Clc1ccc(Cc2cnc(C3CCCNC3)o2)cc1. The molecule has 1 aromatic heterocycles. The van der Waals surface area contributed by atoms with E-state index in [1.807, 2.05) is 30.5 Å². The van der Waals surface area contributed by atoms with Gasteiger partial charge in [-0.2, -0.15) is 0 Å². The third kappa shape index (κ3) is 3.17. The van der Waals surface area contributed by atoms with Gasteiger partial charge in [-0.05, 0) is 37.1 Å². The minimum atomic E-state index is 0.424. The molecule has 0 spiro atoms. The van der Waals surface area contributed by atoms with Crippen LogP contribution in [0.5, 0.6) is 0 Å². The van der Waals surface area contributed by atoms with Gasteiger partial charge in [-0.25, -0.2) is 4.98 Å². The van der Waals surface area contributed by atoms with E-state index in [1.54, 1.807) is 0 Å². The van der Waals surface area contributed by atoms with Crippen LogP contribution in [0.25, 0.3) is 0 Å². The number of oxazole rings is 1. The lowest BCUT2D eigenvalue weighted by atomic mass is 10.00. The number of hydrogen-bond donors (Lipinski definition) is 1. The summed E-state index contributed by atoms with van der Waals surface area (Å²) in [5.74, 6) is 2.21. The minimum absolute atomic E-state index is 0.424. The highest BCUT2D eigenvalue weighted by Gasteiger charge is 2.19. The zero-order valence-electron chi connectivity index (χ0n) is 10.7. The van der Waals surface area contributed by atoms with Crippen LogP contribution >= 0.6 is 11.6 Å². The molecule has 1 fully saturated rings. The second kappa shape index (κ2) is 5.76. The molecular weight excluding hydrogens is 260 g/mol. The first kappa shape index (κ1) is 12.7. The first-order valence-corrected chi connectivity index (χ1v) is 7.09. The second-order valence-electron chi connectivity index (χ2n) is 5.01. The zero-order chi connectivity index (χ0) is 13.1. The Kier molecular flexibility index (Phi) is 3.85. The van der Waals surface area contributed by atoms with Gasteiger partial charge in [0.15, 0.2) is 5.89 Å². The number of aromatic nitrogens is 1. The van der Waals surface area contributed by atoms with Crippen molar-refractivity contribution in [1.82, 2.24) is 10.3 Å². The van der Waals surface area contributed by atoms with E-state index in [0.717, 1.165) is 42.6 Å². The maximum atomic E-state index is 5.88. The average molecular weight is 277 g/mol. The maximum absolute atomic E-state index is 5.88. The first-order valence-electron chi connectivity index (χ1n) is 6.71. The van der Waals surface area contributed by atoms with Crippen LogP contribution in [-0.4, -0.2) is 18.1 Å². The molecule has 100 valence electrons. The van der Waals surface area contributed by atoms with Gasteiger partial charge in [0, 0.05) is 23.9 Å². The Labute approximate surface area is 118 Å². The predicted octanol–water partition coefficient (Wildman–Crippen LogP) is 3.39. The average Bonchev–Trinajstić information content (AvgIpc) is 2.91. The topological polar surface area (TPSA) is 38.1 Å². The number of piperidine rings is 1.